The van der Waals surface area contributed by atoms with Crippen LogP contribution in [0.3, 0.4) is 0 Å². The zero-order valence-corrected chi connectivity index (χ0v) is 28.2. The molecule has 11 heteroatoms. The number of aliphatic hydroxyl groups excluding tert-OH is 1. The van der Waals surface area contributed by atoms with Crippen LogP contribution in [0.5, 0.6) is 5.75 Å². The summed E-state index contributed by atoms with van der Waals surface area (Å²) in [5.41, 5.74) is 3.21. The predicted octanol–water partition coefficient (Wildman–Crippen LogP) is 5.03. The third kappa shape index (κ3) is 6.69. The molecule has 1 fully saturated rings. The SMILES string of the molecule is CC[C@H]1[C@@H](OCCOC)C/C=C\[C@H](O)[C@@H]2CC[C@H]2CN2C[C@@]3(CCCc4cc(Cl)ccc43)COc3ccc(cc32)C(=O)NS1(=O)=O. The Morgan fingerprint density at radius 3 is 2.78 bits per heavy atom. The van der Waals surface area contributed by atoms with E-state index in [4.69, 9.17) is 25.8 Å². The number of sulfonamides is 1. The molecule has 1 amide bonds. The van der Waals surface area contributed by atoms with Gasteiger partial charge in [-0.2, -0.15) is 0 Å². The molecule has 0 aromatic heterocycles. The highest BCUT2D eigenvalue weighted by Gasteiger charge is 2.44. The lowest BCUT2D eigenvalue weighted by molar-refractivity contribution is 0.0156. The molecule has 0 radical (unpaired) electrons. The molecule has 0 unspecified atom stereocenters. The lowest BCUT2D eigenvalue weighted by atomic mass is 9.68. The van der Waals surface area contributed by atoms with Gasteiger partial charge in [-0.05, 0) is 98.2 Å². The molecule has 1 saturated carbocycles. The molecule has 2 heterocycles. The van der Waals surface area contributed by atoms with Gasteiger partial charge in [-0.1, -0.05) is 36.7 Å². The van der Waals surface area contributed by atoms with Crippen molar-refractivity contribution in [2.24, 2.45) is 11.8 Å². The summed E-state index contributed by atoms with van der Waals surface area (Å²) in [5, 5.41) is 11.0. The highest BCUT2D eigenvalue weighted by molar-refractivity contribution is 7.90. The number of carbonyl (C=O) groups excluding carboxylic acids is 1. The van der Waals surface area contributed by atoms with E-state index in [1.807, 2.05) is 12.1 Å². The first-order chi connectivity index (χ1) is 22.1. The van der Waals surface area contributed by atoms with Crippen LogP contribution < -0.4 is 14.4 Å². The van der Waals surface area contributed by atoms with Crippen molar-refractivity contribution in [2.45, 2.75) is 74.7 Å². The van der Waals surface area contributed by atoms with E-state index in [0.29, 0.717) is 32.1 Å². The Kier molecular flexibility index (Phi) is 10.0. The number of anilines is 1. The number of hydrogen-bond donors (Lipinski definition) is 2. The van der Waals surface area contributed by atoms with Crippen LogP contribution in [0.1, 0.15) is 66.9 Å². The van der Waals surface area contributed by atoms with Crippen LogP contribution >= 0.6 is 11.6 Å². The predicted molar refractivity (Wildman–Crippen MR) is 178 cm³/mol. The highest BCUT2D eigenvalue weighted by Crippen LogP contribution is 2.46. The van der Waals surface area contributed by atoms with Gasteiger partial charge in [0, 0.05) is 36.2 Å². The summed E-state index contributed by atoms with van der Waals surface area (Å²) in [6, 6.07) is 11.3. The van der Waals surface area contributed by atoms with Crippen LogP contribution in [0.25, 0.3) is 0 Å². The van der Waals surface area contributed by atoms with Gasteiger partial charge < -0.3 is 24.2 Å². The van der Waals surface area contributed by atoms with E-state index in [0.717, 1.165) is 42.8 Å². The number of fused-ring (bicyclic) bond motifs is 4. The maximum Gasteiger partial charge on any atom is 0.264 e. The number of ether oxygens (including phenoxy) is 3. The smallest absolute Gasteiger partial charge is 0.264 e. The van der Waals surface area contributed by atoms with E-state index in [9.17, 15) is 18.3 Å². The minimum atomic E-state index is -4.13. The molecule has 2 aromatic carbocycles. The first-order valence-electron chi connectivity index (χ1n) is 16.5. The Hall–Kier alpha value is -2.63. The monoisotopic (exact) mass is 672 g/mol. The van der Waals surface area contributed by atoms with E-state index in [1.54, 1.807) is 38.3 Å². The van der Waals surface area contributed by atoms with E-state index in [1.165, 1.54) is 11.1 Å². The van der Waals surface area contributed by atoms with E-state index in [-0.39, 0.29) is 42.3 Å². The molecule has 2 N–H and O–H groups in total. The standard InChI is InChI=1S/C35H45ClN2O7S/c1-3-33-32(44-17-16-43-2)8-4-7-30(39)27-12-9-25(27)20-38-21-35(15-5-6-23-18-26(36)11-13-28(23)35)22-45-31-14-10-24(19-29(31)38)34(40)37-46(33,41)42/h4,7,10-11,13-14,18-19,25,27,30,32-33,39H,3,5-6,8-9,12,15-17,20-22H2,1-2H3,(H,37,40)/b7-4-/t25-,27+,30-,32-,33-,35-/m0/s1. The molecule has 6 atom stereocenters. The zero-order chi connectivity index (χ0) is 32.5. The van der Waals surface area contributed by atoms with Gasteiger partial charge in [-0.25, -0.2) is 13.1 Å². The normalized spacial score (nSPS) is 31.4. The third-order valence-corrected chi connectivity index (χ3v) is 12.6. The molecule has 2 aliphatic carbocycles. The fourth-order valence-corrected chi connectivity index (χ4v) is 9.61. The Morgan fingerprint density at radius 2 is 2.02 bits per heavy atom. The third-order valence-electron chi connectivity index (χ3n) is 10.4. The van der Waals surface area contributed by atoms with Crippen LogP contribution in [-0.2, 0) is 31.3 Å². The molecule has 46 heavy (non-hydrogen) atoms. The number of hydrogen-bond acceptors (Lipinski definition) is 8. The summed E-state index contributed by atoms with van der Waals surface area (Å²) >= 11 is 6.40. The van der Waals surface area contributed by atoms with Gasteiger partial charge >= 0.3 is 0 Å². The Labute approximate surface area is 277 Å². The van der Waals surface area contributed by atoms with E-state index >= 15 is 0 Å². The van der Waals surface area contributed by atoms with Gasteiger partial charge in [-0.15, -0.1) is 0 Å². The first kappa shape index (κ1) is 33.3. The quantitative estimate of drug-likeness (QED) is 0.336. The Morgan fingerprint density at radius 1 is 1.17 bits per heavy atom. The van der Waals surface area contributed by atoms with Crippen LogP contribution in [0, 0.1) is 11.8 Å². The summed E-state index contributed by atoms with van der Waals surface area (Å²) in [5.74, 6) is 0.273. The second kappa shape index (κ2) is 13.8. The van der Waals surface area contributed by atoms with Gasteiger partial charge in [0.25, 0.3) is 5.91 Å². The number of aryl methyl sites for hydroxylation is 1. The van der Waals surface area contributed by atoms with Crippen LogP contribution in [-0.4, -0.2) is 76.9 Å². The minimum absolute atomic E-state index is 0.0650. The van der Waals surface area contributed by atoms with Gasteiger partial charge in [-0.3, -0.25) is 4.79 Å². The van der Waals surface area contributed by atoms with Crippen molar-refractivity contribution in [3.05, 3.63) is 70.3 Å². The average Bonchev–Trinajstić information content (AvgIpc) is 3.15. The van der Waals surface area contributed by atoms with E-state index < -0.39 is 33.4 Å². The average molecular weight is 673 g/mol. The molecule has 1 spiro atoms. The van der Waals surface area contributed by atoms with Crippen molar-refractivity contribution in [1.29, 1.82) is 0 Å². The second-order valence-corrected chi connectivity index (χ2v) is 15.6. The molecule has 250 valence electrons. The Bertz CT molecular complexity index is 1570. The maximum atomic E-state index is 13.7. The number of aliphatic hydroxyl groups is 1. The number of nitrogens with one attached hydrogen (secondary N) is 1. The number of nitrogens with zero attached hydrogens (tertiary/aromatic N) is 1. The van der Waals surface area contributed by atoms with E-state index in [2.05, 4.69) is 21.8 Å². The van der Waals surface area contributed by atoms with Crippen molar-refractivity contribution in [3.63, 3.8) is 0 Å². The molecule has 4 aliphatic rings. The highest BCUT2D eigenvalue weighted by atomic mass is 35.5. The second-order valence-electron chi connectivity index (χ2n) is 13.3. The summed E-state index contributed by atoms with van der Waals surface area (Å²) < 4.78 is 47.3. The van der Waals surface area contributed by atoms with Crippen molar-refractivity contribution in [1.82, 2.24) is 4.72 Å². The maximum absolute atomic E-state index is 13.7. The van der Waals surface area contributed by atoms with Crippen LogP contribution in [0.4, 0.5) is 5.69 Å². The summed E-state index contributed by atoms with van der Waals surface area (Å²) in [6.45, 7) is 4.12. The van der Waals surface area contributed by atoms with Crippen molar-refractivity contribution in [2.75, 3.05) is 44.9 Å². The van der Waals surface area contributed by atoms with Gasteiger partial charge in [0.05, 0.1) is 37.7 Å². The number of benzene rings is 2. The van der Waals surface area contributed by atoms with Crippen molar-refractivity contribution < 1.29 is 32.5 Å². The number of rotatable bonds is 5. The van der Waals surface area contributed by atoms with Crippen molar-refractivity contribution >= 4 is 33.2 Å². The Balaban J connectivity index is 1.39. The molecule has 0 saturated heterocycles. The largest absolute Gasteiger partial charge is 0.490 e. The topological polar surface area (TPSA) is 114 Å². The number of amides is 1. The summed E-state index contributed by atoms with van der Waals surface area (Å²) in [4.78, 5) is 15.9. The summed E-state index contributed by atoms with van der Waals surface area (Å²) in [7, 11) is -2.57. The van der Waals surface area contributed by atoms with Crippen LogP contribution in [0.2, 0.25) is 5.02 Å². The fourth-order valence-electron chi connectivity index (χ4n) is 7.86. The molecular weight excluding hydrogens is 628 g/mol. The molecule has 2 aromatic rings. The first-order valence-corrected chi connectivity index (χ1v) is 18.4. The summed E-state index contributed by atoms with van der Waals surface area (Å²) in [6.07, 6.45) is 7.55. The van der Waals surface area contributed by atoms with Gasteiger partial charge in [0.2, 0.25) is 10.0 Å². The van der Waals surface area contributed by atoms with Gasteiger partial charge in [0.1, 0.15) is 11.0 Å². The molecule has 2 aliphatic heterocycles. The van der Waals surface area contributed by atoms with Crippen LogP contribution in [0.15, 0.2) is 48.6 Å². The number of methoxy groups -OCH3 is 1. The lowest BCUT2D eigenvalue weighted by Gasteiger charge is -2.45. The van der Waals surface area contributed by atoms with Crippen molar-refractivity contribution in [3.8, 4) is 5.75 Å². The molecular formula is C35H45ClN2O7S. The zero-order valence-electron chi connectivity index (χ0n) is 26.6. The molecule has 6 rings (SSSR count). The number of carbonyl (C=O) groups is 1. The minimum Gasteiger partial charge on any atom is -0.490 e. The lowest BCUT2D eigenvalue weighted by Crippen LogP contribution is -2.49. The molecule has 9 nitrogen and oxygen atoms in total. The van der Waals surface area contributed by atoms with Gasteiger partial charge in [0.15, 0.2) is 0 Å². The molecule has 2 bridgehead atoms. The fraction of sp³-hybridized carbons (Fsp3) is 0.571. The number of halogens is 1.